The quantitative estimate of drug-likeness (QED) is 0.675. The first-order valence-corrected chi connectivity index (χ1v) is 9.46. The first-order valence-electron chi connectivity index (χ1n) is 9.46. The van der Waals surface area contributed by atoms with Crippen LogP contribution in [0.5, 0.6) is 5.88 Å². The molecule has 1 aromatic heterocycles. The van der Waals surface area contributed by atoms with Crippen molar-refractivity contribution in [2.24, 2.45) is 0 Å². The predicted molar refractivity (Wildman–Crippen MR) is 112 cm³/mol. The minimum Gasteiger partial charge on any atom is -0.493 e. The summed E-state index contributed by atoms with van der Waals surface area (Å²) in [4.78, 5) is 16.7. The largest absolute Gasteiger partial charge is 0.493 e. The first kappa shape index (κ1) is 19.6. The van der Waals surface area contributed by atoms with Crippen molar-refractivity contribution in [3.05, 3.63) is 93.7 Å². The van der Waals surface area contributed by atoms with Gasteiger partial charge in [0.25, 0.3) is 5.91 Å². The van der Waals surface area contributed by atoms with E-state index in [9.17, 15) is 9.90 Å². The molecule has 0 saturated heterocycles. The molecule has 0 radical (unpaired) electrons. The first-order chi connectivity index (χ1) is 13.4. The Labute approximate surface area is 166 Å². The summed E-state index contributed by atoms with van der Waals surface area (Å²) in [6.45, 7) is 8.09. The monoisotopic (exact) mass is 374 g/mol. The van der Waals surface area contributed by atoms with Crippen molar-refractivity contribution in [2.75, 3.05) is 0 Å². The van der Waals surface area contributed by atoms with Crippen LogP contribution in [0, 0.1) is 20.8 Å². The lowest BCUT2D eigenvalue weighted by Gasteiger charge is -2.15. The molecular weight excluding hydrogens is 348 g/mol. The average molecular weight is 374 g/mol. The standard InChI is InChI=1S/C24H26N2O2/c1-15-12-17(3)26-24(28)22(15)14-25-23(27)21-11-10-20(13-16(21)2)18(4)19-8-6-5-7-9-19/h5-13,18H,14H2,1-4H3,(H,25,27)(H,26,28)/t18-/m1/s1. The van der Waals surface area contributed by atoms with Gasteiger partial charge in [-0.1, -0.05) is 49.4 Å². The van der Waals surface area contributed by atoms with Gasteiger partial charge in [0.2, 0.25) is 5.88 Å². The van der Waals surface area contributed by atoms with E-state index < -0.39 is 0 Å². The molecule has 1 amide bonds. The maximum atomic E-state index is 12.7. The Morgan fingerprint density at radius 2 is 1.71 bits per heavy atom. The van der Waals surface area contributed by atoms with Gasteiger partial charge in [-0.05, 0) is 55.2 Å². The Balaban J connectivity index is 1.74. The van der Waals surface area contributed by atoms with Crippen LogP contribution in [0.3, 0.4) is 0 Å². The number of hydrogen-bond acceptors (Lipinski definition) is 3. The molecule has 1 atom stereocenters. The Bertz CT molecular complexity index is 974. The Morgan fingerprint density at radius 1 is 1.00 bits per heavy atom. The van der Waals surface area contributed by atoms with Gasteiger partial charge in [0.05, 0.1) is 0 Å². The minimum atomic E-state index is -0.157. The molecular formula is C24H26N2O2. The average Bonchev–Trinajstić information content (AvgIpc) is 2.67. The second kappa shape index (κ2) is 8.26. The molecule has 3 rings (SSSR count). The molecule has 4 heteroatoms. The van der Waals surface area contributed by atoms with Crippen molar-refractivity contribution in [1.82, 2.24) is 10.3 Å². The van der Waals surface area contributed by atoms with Gasteiger partial charge in [0.1, 0.15) is 0 Å². The van der Waals surface area contributed by atoms with Crippen LogP contribution in [0.15, 0.2) is 54.6 Å². The van der Waals surface area contributed by atoms with E-state index in [1.165, 1.54) is 11.1 Å². The van der Waals surface area contributed by atoms with E-state index in [0.717, 1.165) is 16.8 Å². The maximum absolute atomic E-state index is 12.7. The van der Waals surface area contributed by atoms with Gasteiger partial charge in [0.15, 0.2) is 0 Å². The number of aryl methyl sites for hydroxylation is 3. The number of benzene rings is 2. The zero-order chi connectivity index (χ0) is 20.3. The van der Waals surface area contributed by atoms with Gasteiger partial charge in [0, 0.05) is 29.3 Å². The van der Waals surface area contributed by atoms with Gasteiger partial charge < -0.3 is 10.4 Å². The topological polar surface area (TPSA) is 62.2 Å². The molecule has 2 aromatic carbocycles. The molecule has 0 fully saturated rings. The number of rotatable bonds is 5. The van der Waals surface area contributed by atoms with Gasteiger partial charge in [-0.25, -0.2) is 4.98 Å². The second-order valence-electron chi connectivity index (χ2n) is 7.27. The van der Waals surface area contributed by atoms with Gasteiger partial charge in [-0.3, -0.25) is 4.79 Å². The van der Waals surface area contributed by atoms with Gasteiger partial charge in [-0.15, -0.1) is 0 Å². The summed E-state index contributed by atoms with van der Waals surface area (Å²) in [7, 11) is 0. The van der Waals surface area contributed by atoms with Crippen LogP contribution in [-0.4, -0.2) is 16.0 Å². The highest BCUT2D eigenvalue weighted by atomic mass is 16.3. The molecule has 0 aliphatic rings. The summed E-state index contributed by atoms with van der Waals surface area (Å²) < 4.78 is 0. The smallest absolute Gasteiger partial charge is 0.251 e. The fraction of sp³-hybridized carbons (Fsp3) is 0.250. The lowest BCUT2D eigenvalue weighted by Crippen LogP contribution is -2.24. The Hall–Kier alpha value is -3.14. The highest BCUT2D eigenvalue weighted by Gasteiger charge is 2.15. The lowest BCUT2D eigenvalue weighted by atomic mass is 9.91. The summed E-state index contributed by atoms with van der Waals surface area (Å²) in [5.41, 5.74) is 6.31. The number of nitrogens with zero attached hydrogens (tertiary/aromatic N) is 1. The lowest BCUT2D eigenvalue weighted by molar-refractivity contribution is 0.0950. The molecule has 144 valence electrons. The maximum Gasteiger partial charge on any atom is 0.251 e. The van der Waals surface area contributed by atoms with E-state index >= 15 is 0 Å². The third kappa shape index (κ3) is 4.22. The Morgan fingerprint density at radius 3 is 2.36 bits per heavy atom. The fourth-order valence-electron chi connectivity index (χ4n) is 3.47. The van der Waals surface area contributed by atoms with Crippen molar-refractivity contribution < 1.29 is 9.90 Å². The normalized spacial score (nSPS) is 11.9. The molecule has 0 saturated carbocycles. The summed E-state index contributed by atoms with van der Waals surface area (Å²) in [6, 6.07) is 18.2. The van der Waals surface area contributed by atoms with E-state index in [1.807, 2.05) is 57.2 Å². The highest BCUT2D eigenvalue weighted by Crippen LogP contribution is 2.26. The third-order valence-corrected chi connectivity index (χ3v) is 5.17. The van der Waals surface area contributed by atoms with E-state index in [2.05, 4.69) is 35.4 Å². The molecule has 1 heterocycles. The SMILES string of the molecule is Cc1cc(C)c(CNC(=O)c2ccc([C@H](C)c3ccccc3)cc2C)c(O)n1. The molecule has 2 N–H and O–H groups in total. The summed E-state index contributed by atoms with van der Waals surface area (Å²) in [5.74, 6) is 0.0765. The molecule has 4 nitrogen and oxygen atoms in total. The zero-order valence-electron chi connectivity index (χ0n) is 16.8. The number of hydrogen-bond donors (Lipinski definition) is 2. The van der Waals surface area contributed by atoms with Crippen molar-refractivity contribution in [3.63, 3.8) is 0 Å². The van der Waals surface area contributed by atoms with Gasteiger partial charge >= 0.3 is 0 Å². The summed E-state index contributed by atoms with van der Waals surface area (Å²) in [5, 5.41) is 13.0. The van der Waals surface area contributed by atoms with Gasteiger partial charge in [-0.2, -0.15) is 0 Å². The number of pyridine rings is 1. The van der Waals surface area contributed by atoms with E-state index in [0.29, 0.717) is 11.1 Å². The molecule has 0 aliphatic carbocycles. The molecule has 28 heavy (non-hydrogen) atoms. The molecule has 3 aromatic rings. The molecule has 0 unspecified atom stereocenters. The van der Waals surface area contributed by atoms with Crippen molar-refractivity contribution >= 4 is 5.91 Å². The van der Waals surface area contributed by atoms with Crippen LogP contribution in [0.1, 0.15) is 56.7 Å². The zero-order valence-corrected chi connectivity index (χ0v) is 16.8. The number of carbonyl (C=O) groups excluding carboxylic acids is 1. The Kier molecular flexibility index (Phi) is 5.78. The summed E-state index contributed by atoms with van der Waals surface area (Å²) >= 11 is 0. The number of amides is 1. The van der Waals surface area contributed by atoms with Crippen LogP contribution in [-0.2, 0) is 6.54 Å². The fourth-order valence-corrected chi connectivity index (χ4v) is 3.47. The van der Waals surface area contributed by atoms with Crippen LogP contribution >= 0.6 is 0 Å². The van der Waals surface area contributed by atoms with Crippen molar-refractivity contribution in [3.8, 4) is 5.88 Å². The van der Waals surface area contributed by atoms with Crippen LogP contribution in [0.4, 0.5) is 0 Å². The number of nitrogens with one attached hydrogen (secondary N) is 1. The van der Waals surface area contributed by atoms with E-state index in [4.69, 9.17) is 0 Å². The van der Waals surface area contributed by atoms with Crippen LogP contribution in [0.25, 0.3) is 0 Å². The number of carbonyl (C=O) groups is 1. The van der Waals surface area contributed by atoms with E-state index in [1.54, 1.807) is 0 Å². The third-order valence-electron chi connectivity index (χ3n) is 5.17. The van der Waals surface area contributed by atoms with Crippen LogP contribution in [0.2, 0.25) is 0 Å². The summed E-state index contributed by atoms with van der Waals surface area (Å²) in [6.07, 6.45) is 0. The highest BCUT2D eigenvalue weighted by molar-refractivity contribution is 5.95. The van der Waals surface area contributed by atoms with Crippen molar-refractivity contribution in [2.45, 2.75) is 40.2 Å². The molecule has 0 spiro atoms. The second-order valence-corrected chi connectivity index (χ2v) is 7.27. The molecule has 0 bridgehead atoms. The predicted octanol–water partition coefficient (Wildman–Crippen LogP) is 4.79. The van der Waals surface area contributed by atoms with Crippen molar-refractivity contribution in [1.29, 1.82) is 0 Å². The minimum absolute atomic E-state index is 0.0263. The number of aromatic hydroxyl groups is 1. The molecule has 0 aliphatic heterocycles. The number of aromatic nitrogens is 1. The van der Waals surface area contributed by atoms with E-state index in [-0.39, 0.29) is 24.2 Å². The van der Waals surface area contributed by atoms with Crippen LogP contribution < -0.4 is 5.32 Å².